The molecule has 24 heavy (non-hydrogen) atoms. The summed E-state index contributed by atoms with van der Waals surface area (Å²) >= 11 is 0. The third kappa shape index (κ3) is 3.51. The minimum Gasteiger partial charge on any atom is -0.497 e. The number of benzene rings is 2. The Bertz CT molecular complexity index is 833. The first-order valence-corrected chi connectivity index (χ1v) is 7.52. The van der Waals surface area contributed by atoms with Gasteiger partial charge < -0.3 is 18.6 Å². The molecule has 3 aromatic rings. The second-order valence-corrected chi connectivity index (χ2v) is 5.31. The van der Waals surface area contributed by atoms with Gasteiger partial charge in [0.1, 0.15) is 23.7 Å². The van der Waals surface area contributed by atoms with Crippen molar-refractivity contribution >= 4 is 16.9 Å². The molecule has 0 fully saturated rings. The Kier molecular flexibility index (Phi) is 4.70. The molecule has 2 aromatic carbocycles. The molecule has 0 spiro atoms. The van der Waals surface area contributed by atoms with Crippen LogP contribution in [0.25, 0.3) is 11.0 Å². The van der Waals surface area contributed by atoms with Crippen molar-refractivity contribution in [2.75, 3.05) is 14.2 Å². The molecule has 124 valence electrons. The van der Waals surface area contributed by atoms with Crippen molar-refractivity contribution in [3.8, 4) is 11.5 Å². The summed E-state index contributed by atoms with van der Waals surface area (Å²) in [5.74, 6) is 1.23. The minimum absolute atomic E-state index is 0.190. The molecule has 1 aromatic heterocycles. The number of hydrogen-bond acceptors (Lipinski definition) is 5. The van der Waals surface area contributed by atoms with Crippen LogP contribution >= 0.6 is 0 Å². The van der Waals surface area contributed by atoms with Crippen LogP contribution in [0.1, 0.15) is 11.1 Å². The van der Waals surface area contributed by atoms with Crippen LogP contribution in [-0.4, -0.2) is 20.2 Å². The maximum atomic E-state index is 11.4. The normalized spacial score (nSPS) is 10.6. The van der Waals surface area contributed by atoms with E-state index in [1.54, 1.807) is 13.4 Å². The van der Waals surface area contributed by atoms with Crippen LogP contribution in [0.4, 0.5) is 0 Å². The highest BCUT2D eigenvalue weighted by Gasteiger charge is 2.11. The smallest absolute Gasteiger partial charge is 0.310 e. The minimum atomic E-state index is -0.294. The summed E-state index contributed by atoms with van der Waals surface area (Å²) in [7, 11) is 3.01. The molecule has 0 saturated carbocycles. The lowest BCUT2D eigenvalue weighted by Gasteiger charge is -2.07. The highest BCUT2D eigenvalue weighted by Crippen LogP contribution is 2.26. The molecule has 0 radical (unpaired) electrons. The number of rotatable bonds is 6. The summed E-state index contributed by atoms with van der Waals surface area (Å²) in [5.41, 5.74) is 2.53. The molecule has 0 N–H and O–H groups in total. The fraction of sp³-hybridized carbons (Fsp3) is 0.211. The average molecular weight is 326 g/mol. The van der Waals surface area contributed by atoms with Crippen LogP contribution in [-0.2, 0) is 22.6 Å². The summed E-state index contributed by atoms with van der Waals surface area (Å²) in [6.07, 6.45) is 1.77. The van der Waals surface area contributed by atoms with Crippen molar-refractivity contribution in [1.29, 1.82) is 0 Å². The van der Waals surface area contributed by atoms with E-state index in [-0.39, 0.29) is 12.4 Å². The molecule has 0 unspecified atom stereocenters. The lowest BCUT2D eigenvalue weighted by atomic mass is 10.1. The average Bonchev–Trinajstić information content (AvgIpc) is 3.02. The number of ether oxygens (including phenoxy) is 3. The molecular weight excluding hydrogens is 308 g/mol. The highest BCUT2D eigenvalue weighted by molar-refractivity contribution is 5.86. The Morgan fingerprint density at radius 3 is 2.50 bits per heavy atom. The number of carbonyl (C=O) groups excluding carboxylic acids is 1. The van der Waals surface area contributed by atoms with Gasteiger partial charge in [0.2, 0.25) is 0 Å². The number of furan rings is 1. The van der Waals surface area contributed by atoms with Crippen LogP contribution in [0.3, 0.4) is 0 Å². The lowest BCUT2D eigenvalue weighted by Crippen LogP contribution is -2.03. The maximum Gasteiger partial charge on any atom is 0.310 e. The SMILES string of the molecule is COC(=O)Cc1coc2cc(OCc3ccc(OC)cc3)ccc12. The van der Waals surface area contributed by atoms with E-state index in [9.17, 15) is 4.79 Å². The zero-order chi connectivity index (χ0) is 16.9. The van der Waals surface area contributed by atoms with E-state index in [1.807, 2.05) is 42.5 Å². The van der Waals surface area contributed by atoms with Gasteiger partial charge in [-0.05, 0) is 29.8 Å². The van der Waals surface area contributed by atoms with Gasteiger partial charge in [0.15, 0.2) is 0 Å². The number of hydrogen-bond donors (Lipinski definition) is 0. The van der Waals surface area contributed by atoms with E-state index >= 15 is 0 Å². The Labute approximate surface area is 139 Å². The largest absolute Gasteiger partial charge is 0.497 e. The van der Waals surface area contributed by atoms with E-state index in [2.05, 4.69) is 4.74 Å². The first-order valence-electron chi connectivity index (χ1n) is 7.52. The molecule has 0 bridgehead atoms. The number of esters is 1. The highest BCUT2D eigenvalue weighted by atomic mass is 16.5. The summed E-state index contributed by atoms with van der Waals surface area (Å²) in [4.78, 5) is 11.4. The maximum absolute atomic E-state index is 11.4. The summed E-state index contributed by atoms with van der Waals surface area (Å²) in [6.45, 7) is 0.450. The van der Waals surface area contributed by atoms with E-state index in [0.717, 1.165) is 22.3 Å². The number of methoxy groups -OCH3 is 2. The van der Waals surface area contributed by atoms with Crippen molar-refractivity contribution in [2.45, 2.75) is 13.0 Å². The molecule has 0 aliphatic rings. The molecule has 0 amide bonds. The van der Waals surface area contributed by atoms with Crippen LogP contribution in [0.2, 0.25) is 0 Å². The lowest BCUT2D eigenvalue weighted by molar-refractivity contribution is -0.139. The van der Waals surface area contributed by atoms with Gasteiger partial charge >= 0.3 is 5.97 Å². The molecule has 5 heteroatoms. The first-order chi connectivity index (χ1) is 11.7. The topological polar surface area (TPSA) is 57.9 Å². The van der Waals surface area contributed by atoms with E-state index in [0.29, 0.717) is 17.9 Å². The second-order valence-electron chi connectivity index (χ2n) is 5.31. The van der Waals surface area contributed by atoms with Crippen molar-refractivity contribution in [3.63, 3.8) is 0 Å². The van der Waals surface area contributed by atoms with Crippen molar-refractivity contribution in [1.82, 2.24) is 0 Å². The van der Waals surface area contributed by atoms with Crippen molar-refractivity contribution in [2.24, 2.45) is 0 Å². The third-order valence-corrected chi connectivity index (χ3v) is 3.75. The van der Waals surface area contributed by atoms with Crippen molar-refractivity contribution < 1.29 is 23.4 Å². The van der Waals surface area contributed by atoms with E-state index < -0.39 is 0 Å². The van der Waals surface area contributed by atoms with Gasteiger partial charge in [-0.3, -0.25) is 4.79 Å². The quantitative estimate of drug-likeness (QED) is 0.646. The predicted octanol–water partition coefficient (Wildman–Crippen LogP) is 3.74. The van der Waals surface area contributed by atoms with E-state index in [4.69, 9.17) is 13.9 Å². The molecule has 0 aliphatic carbocycles. The standard InChI is InChI=1S/C19H18O5/c1-21-15-5-3-13(4-6-15)11-23-16-7-8-17-14(9-19(20)22-2)12-24-18(17)10-16/h3-8,10,12H,9,11H2,1-2H3. The molecule has 0 aliphatic heterocycles. The Morgan fingerprint density at radius 2 is 1.79 bits per heavy atom. The van der Waals surface area contributed by atoms with Crippen LogP contribution in [0, 0.1) is 0 Å². The van der Waals surface area contributed by atoms with Gasteiger partial charge in [-0.25, -0.2) is 0 Å². The summed E-state index contributed by atoms with van der Waals surface area (Å²) in [5, 5.41) is 0.886. The fourth-order valence-corrected chi connectivity index (χ4v) is 2.41. The monoisotopic (exact) mass is 326 g/mol. The Morgan fingerprint density at radius 1 is 1.04 bits per heavy atom. The Hall–Kier alpha value is -2.95. The molecule has 0 saturated heterocycles. The Balaban J connectivity index is 1.70. The van der Waals surface area contributed by atoms with E-state index in [1.165, 1.54) is 7.11 Å². The van der Waals surface area contributed by atoms with Crippen LogP contribution in [0.5, 0.6) is 11.5 Å². The molecule has 1 heterocycles. The summed E-state index contributed by atoms with van der Waals surface area (Å²) < 4.78 is 21.1. The first kappa shape index (κ1) is 15.9. The molecular formula is C19H18O5. The van der Waals surface area contributed by atoms with Gasteiger partial charge in [-0.2, -0.15) is 0 Å². The third-order valence-electron chi connectivity index (χ3n) is 3.75. The molecule has 5 nitrogen and oxygen atoms in total. The summed E-state index contributed by atoms with van der Waals surface area (Å²) in [6, 6.07) is 13.3. The fourth-order valence-electron chi connectivity index (χ4n) is 2.41. The predicted molar refractivity (Wildman–Crippen MR) is 89.3 cm³/mol. The van der Waals surface area contributed by atoms with Crippen molar-refractivity contribution in [3.05, 3.63) is 59.9 Å². The molecule has 0 atom stereocenters. The number of fused-ring (bicyclic) bond motifs is 1. The molecule has 3 rings (SSSR count). The van der Waals surface area contributed by atoms with Gasteiger partial charge in [0.25, 0.3) is 0 Å². The van der Waals surface area contributed by atoms with Crippen LogP contribution in [0.15, 0.2) is 53.1 Å². The van der Waals surface area contributed by atoms with Gasteiger partial charge in [0.05, 0.1) is 26.9 Å². The zero-order valence-electron chi connectivity index (χ0n) is 13.6. The number of carbonyl (C=O) groups is 1. The second kappa shape index (κ2) is 7.08. The van der Waals surface area contributed by atoms with Gasteiger partial charge in [0, 0.05) is 17.0 Å². The zero-order valence-corrected chi connectivity index (χ0v) is 13.6. The van der Waals surface area contributed by atoms with Crippen LogP contribution < -0.4 is 9.47 Å². The van der Waals surface area contributed by atoms with Gasteiger partial charge in [-0.1, -0.05) is 12.1 Å². The van der Waals surface area contributed by atoms with Gasteiger partial charge in [-0.15, -0.1) is 0 Å².